The lowest BCUT2D eigenvalue weighted by atomic mass is 10.2. The van der Waals surface area contributed by atoms with Crippen LogP contribution in [-0.2, 0) is 9.84 Å². The molecule has 9 heteroatoms. The largest absolute Gasteiger partial charge is 0.490 e. The van der Waals surface area contributed by atoms with Gasteiger partial charge in [-0.3, -0.25) is 10.1 Å². The van der Waals surface area contributed by atoms with E-state index in [9.17, 15) is 13.2 Å². The number of ether oxygens (including phenoxy) is 1. The van der Waals surface area contributed by atoms with E-state index in [1.165, 1.54) is 35.6 Å². The second kappa shape index (κ2) is 8.76. The fraction of sp³-hybridized carbons (Fsp3) is 0.217. The van der Waals surface area contributed by atoms with Crippen LogP contribution in [0.25, 0.3) is 22.4 Å². The minimum absolute atomic E-state index is 0.192. The molecule has 0 atom stereocenters. The van der Waals surface area contributed by atoms with Crippen LogP contribution >= 0.6 is 11.3 Å². The van der Waals surface area contributed by atoms with Crippen LogP contribution in [0.15, 0.2) is 63.2 Å². The zero-order chi connectivity index (χ0) is 22.9. The van der Waals surface area contributed by atoms with Crippen LogP contribution in [0.5, 0.6) is 5.75 Å². The monoisotopic (exact) mass is 470 g/mol. The third kappa shape index (κ3) is 4.26. The van der Waals surface area contributed by atoms with Crippen LogP contribution in [-0.4, -0.2) is 31.2 Å². The Kier molecular flexibility index (Phi) is 6.03. The highest BCUT2D eigenvalue weighted by atomic mass is 32.2. The Balaban J connectivity index is 1.52. The van der Waals surface area contributed by atoms with E-state index < -0.39 is 15.1 Å². The van der Waals surface area contributed by atoms with Gasteiger partial charge in [0.05, 0.1) is 16.8 Å². The highest BCUT2D eigenvalue weighted by Crippen LogP contribution is 2.34. The number of rotatable bonds is 7. The van der Waals surface area contributed by atoms with Crippen molar-refractivity contribution in [2.45, 2.75) is 30.9 Å². The lowest BCUT2D eigenvalue weighted by Gasteiger charge is -2.08. The lowest BCUT2D eigenvalue weighted by molar-refractivity contribution is 0.102. The molecule has 0 saturated heterocycles. The highest BCUT2D eigenvalue weighted by Gasteiger charge is 2.20. The first-order valence-corrected chi connectivity index (χ1v) is 12.5. The summed E-state index contributed by atoms with van der Waals surface area (Å²) >= 11 is 1.27. The molecule has 1 amide bonds. The van der Waals surface area contributed by atoms with Gasteiger partial charge in [-0.15, -0.1) is 11.3 Å². The van der Waals surface area contributed by atoms with E-state index in [1.807, 2.05) is 31.2 Å². The molecule has 0 saturated carbocycles. The molecule has 0 spiro atoms. The van der Waals surface area contributed by atoms with Crippen molar-refractivity contribution >= 4 is 43.2 Å². The minimum atomic E-state index is -3.38. The maximum Gasteiger partial charge on any atom is 0.257 e. The van der Waals surface area contributed by atoms with E-state index in [-0.39, 0.29) is 10.8 Å². The molecule has 166 valence electrons. The Morgan fingerprint density at radius 2 is 1.94 bits per heavy atom. The molecule has 0 unspecified atom stereocenters. The molecule has 0 radical (unpaired) electrons. The van der Waals surface area contributed by atoms with E-state index in [0.29, 0.717) is 40.1 Å². The van der Waals surface area contributed by atoms with Crippen LogP contribution in [0, 0.1) is 0 Å². The number of hydrogen-bond acceptors (Lipinski definition) is 7. The summed E-state index contributed by atoms with van der Waals surface area (Å²) in [5.74, 6) is 0.873. The van der Waals surface area contributed by atoms with Gasteiger partial charge in [-0.25, -0.2) is 13.4 Å². The summed E-state index contributed by atoms with van der Waals surface area (Å²) in [4.78, 5) is 17.2. The average Bonchev–Trinajstić information content (AvgIpc) is 3.41. The van der Waals surface area contributed by atoms with Crippen molar-refractivity contribution in [3.05, 3.63) is 59.5 Å². The van der Waals surface area contributed by atoms with Gasteiger partial charge >= 0.3 is 0 Å². The molecule has 4 aromatic rings. The van der Waals surface area contributed by atoms with Crippen LogP contribution < -0.4 is 10.1 Å². The number of carbonyl (C=O) groups is 1. The molecule has 4 rings (SSSR count). The lowest BCUT2D eigenvalue weighted by Crippen LogP contribution is -2.15. The van der Waals surface area contributed by atoms with Gasteiger partial charge in [0.25, 0.3) is 5.91 Å². The number of benzene rings is 2. The summed E-state index contributed by atoms with van der Waals surface area (Å²) in [7, 11) is -3.38. The predicted octanol–water partition coefficient (Wildman–Crippen LogP) is 5.39. The van der Waals surface area contributed by atoms with Crippen LogP contribution in [0.2, 0.25) is 0 Å². The summed E-state index contributed by atoms with van der Waals surface area (Å²) in [6, 6.07) is 13.4. The van der Waals surface area contributed by atoms with Gasteiger partial charge in [-0.05, 0) is 57.2 Å². The number of nitrogens with zero attached hydrogens (tertiary/aromatic N) is 1. The molecule has 0 fully saturated rings. The molecule has 2 aromatic carbocycles. The normalized spacial score (nSPS) is 11.8. The van der Waals surface area contributed by atoms with Gasteiger partial charge in [0.15, 0.2) is 32.1 Å². The van der Waals surface area contributed by atoms with Crippen molar-refractivity contribution in [2.75, 3.05) is 11.9 Å². The van der Waals surface area contributed by atoms with Gasteiger partial charge in [-0.2, -0.15) is 0 Å². The quantitative estimate of drug-likeness (QED) is 0.389. The van der Waals surface area contributed by atoms with E-state index in [0.717, 1.165) is 5.39 Å². The molecular weight excluding hydrogens is 448 g/mol. The molecule has 32 heavy (non-hydrogen) atoms. The number of amides is 1. The van der Waals surface area contributed by atoms with Gasteiger partial charge < -0.3 is 9.15 Å². The van der Waals surface area contributed by atoms with Crippen molar-refractivity contribution in [1.29, 1.82) is 0 Å². The number of aromatic nitrogens is 1. The maximum absolute atomic E-state index is 12.6. The van der Waals surface area contributed by atoms with Crippen LogP contribution in [0.4, 0.5) is 5.13 Å². The number of carbonyl (C=O) groups excluding carboxylic acids is 1. The summed E-state index contributed by atoms with van der Waals surface area (Å²) < 4.78 is 36.0. The van der Waals surface area contributed by atoms with Gasteiger partial charge in [0.1, 0.15) is 5.69 Å². The zero-order valence-electron chi connectivity index (χ0n) is 17.8. The molecule has 2 heterocycles. The smallest absolute Gasteiger partial charge is 0.257 e. The zero-order valence-corrected chi connectivity index (χ0v) is 19.4. The molecule has 0 aliphatic heterocycles. The molecule has 0 aliphatic carbocycles. The number of nitrogens with one attached hydrogen (secondary N) is 1. The van der Waals surface area contributed by atoms with Crippen LogP contribution in [0.3, 0.4) is 0 Å². The average molecular weight is 471 g/mol. The van der Waals surface area contributed by atoms with Crippen molar-refractivity contribution in [3.63, 3.8) is 0 Å². The Morgan fingerprint density at radius 1 is 1.19 bits per heavy atom. The highest BCUT2D eigenvalue weighted by molar-refractivity contribution is 7.92. The number of sulfone groups is 1. The second-order valence-corrected chi connectivity index (χ2v) is 10.7. The Labute approximate surface area is 190 Å². The van der Waals surface area contributed by atoms with E-state index in [1.54, 1.807) is 19.2 Å². The third-order valence-electron chi connectivity index (χ3n) is 4.85. The SMILES string of the molecule is CCOc1cccc2cc(-c3csc(NC(=O)c4ccc(S(=O)(=O)C(C)C)cc4)n3)oc12. The number of hydrogen-bond donors (Lipinski definition) is 1. The Bertz CT molecular complexity index is 1370. The minimum Gasteiger partial charge on any atom is -0.490 e. The van der Waals surface area contributed by atoms with Gasteiger partial charge in [0.2, 0.25) is 0 Å². The van der Waals surface area contributed by atoms with E-state index in [4.69, 9.17) is 9.15 Å². The van der Waals surface area contributed by atoms with Crippen LogP contribution in [0.1, 0.15) is 31.1 Å². The van der Waals surface area contributed by atoms with E-state index in [2.05, 4.69) is 10.3 Å². The number of para-hydroxylation sites is 1. The third-order valence-corrected chi connectivity index (χ3v) is 7.78. The summed E-state index contributed by atoms with van der Waals surface area (Å²) in [5, 5.41) is 5.33. The first kappa shape index (κ1) is 22.0. The fourth-order valence-electron chi connectivity index (χ4n) is 3.11. The molecule has 2 aromatic heterocycles. The maximum atomic E-state index is 12.6. The summed E-state index contributed by atoms with van der Waals surface area (Å²) in [5.41, 5.74) is 1.59. The van der Waals surface area contributed by atoms with Crippen molar-refractivity contribution in [3.8, 4) is 17.2 Å². The van der Waals surface area contributed by atoms with Crippen molar-refractivity contribution in [1.82, 2.24) is 4.98 Å². The summed E-state index contributed by atoms with van der Waals surface area (Å²) in [6.45, 7) is 5.69. The predicted molar refractivity (Wildman–Crippen MR) is 125 cm³/mol. The first-order valence-electron chi connectivity index (χ1n) is 10.1. The first-order chi connectivity index (χ1) is 15.3. The number of furan rings is 1. The van der Waals surface area contributed by atoms with Crippen molar-refractivity contribution in [2.24, 2.45) is 0 Å². The molecular formula is C23H22N2O5S2. The Morgan fingerprint density at radius 3 is 2.62 bits per heavy atom. The van der Waals surface area contributed by atoms with E-state index >= 15 is 0 Å². The Hall–Kier alpha value is -3.17. The molecule has 0 aliphatic rings. The standard InChI is InChI=1S/C23H22N2O5S2/c1-4-29-19-7-5-6-16-12-20(30-21(16)19)18-13-31-23(24-18)25-22(26)15-8-10-17(11-9-15)32(27,28)14(2)3/h5-14H,4H2,1-3H3,(H,24,25,26). The van der Waals surface area contributed by atoms with Gasteiger partial charge in [0, 0.05) is 16.3 Å². The topological polar surface area (TPSA) is 98.5 Å². The number of thiazole rings is 1. The summed E-state index contributed by atoms with van der Waals surface area (Å²) in [6.07, 6.45) is 0. The number of fused-ring (bicyclic) bond motifs is 1. The second-order valence-electron chi connectivity index (χ2n) is 7.33. The fourth-order valence-corrected chi connectivity index (χ4v) is 4.87. The molecule has 7 nitrogen and oxygen atoms in total. The van der Waals surface area contributed by atoms with Crippen molar-refractivity contribution < 1.29 is 22.4 Å². The molecule has 1 N–H and O–H groups in total. The number of anilines is 1. The van der Waals surface area contributed by atoms with Gasteiger partial charge in [-0.1, -0.05) is 12.1 Å². The molecule has 0 bridgehead atoms.